The third kappa shape index (κ3) is 2.55. The van der Waals surface area contributed by atoms with Gasteiger partial charge in [0.1, 0.15) is 11.6 Å². The quantitative estimate of drug-likeness (QED) is 0.671. The molecule has 3 heteroatoms. The molecule has 0 unspecified atom stereocenters. The Bertz CT molecular complexity index is 210. The summed E-state index contributed by atoms with van der Waals surface area (Å²) in [6.07, 6.45) is 0. The van der Waals surface area contributed by atoms with Gasteiger partial charge in [-0.1, -0.05) is 0 Å². The molecular weight excluding hydrogens is 145 g/mol. The highest BCUT2D eigenvalue weighted by atomic mass is 19.1. The topological polar surface area (TPSA) is 21.3 Å². The molecular formula is C8H10FNO. The Morgan fingerprint density at radius 1 is 1.36 bits per heavy atom. The molecule has 0 saturated heterocycles. The first-order chi connectivity index (χ1) is 5.33. The molecule has 0 aromatic heterocycles. The highest BCUT2D eigenvalue weighted by Gasteiger charge is 1.91. The van der Waals surface area contributed by atoms with Crippen LogP contribution in [-0.4, -0.2) is 6.54 Å². The maximum Gasteiger partial charge on any atom is 0.147 e. The van der Waals surface area contributed by atoms with Crippen LogP contribution in [0.5, 0.6) is 5.75 Å². The Kier molecular flexibility index (Phi) is 2.86. The summed E-state index contributed by atoms with van der Waals surface area (Å²) in [5.74, 6) is 0.363. The van der Waals surface area contributed by atoms with E-state index in [1.165, 1.54) is 12.1 Å². The molecule has 0 aliphatic carbocycles. The number of nitrogens with one attached hydrogen (secondary N) is 1. The molecule has 0 bridgehead atoms. The molecule has 1 N–H and O–H groups in total. The fourth-order valence-corrected chi connectivity index (χ4v) is 0.658. The molecule has 1 rings (SSSR count). The highest BCUT2D eigenvalue weighted by Crippen LogP contribution is 2.09. The van der Waals surface area contributed by atoms with Crippen molar-refractivity contribution in [2.45, 2.75) is 6.92 Å². The zero-order chi connectivity index (χ0) is 8.10. The fraction of sp³-hybridized carbons (Fsp3) is 0.250. The van der Waals surface area contributed by atoms with Crippen LogP contribution in [0, 0.1) is 5.82 Å². The van der Waals surface area contributed by atoms with Crippen LogP contribution in [0.4, 0.5) is 4.39 Å². The molecule has 11 heavy (non-hydrogen) atoms. The number of rotatable bonds is 3. The summed E-state index contributed by atoms with van der Waals surface area (Å²) in [6.45, 7) is 2.64. The van der Waals surface area contributed by atoms with Crippen molar-refractivity contribution in [2.24, 2.45) is 0 Å². The van der Waals surface area contributed by atoms with Gasteiger partial charge in [0.25, 0.3) is 0 Å². The van der Waals surface area contributed by atoms with E-state index in [4.69, 9.17) is 4.84 Å². The molecule has 0 radical (unpaired) electrons. The Balaban J connectivity index is 2.52. The number of benzene rings is 1. The summed E-state index contributed by atoms with van der Waals surface area (Å²) in [5.41, 5.74) is 2.66. The molecule has 0 spiro atoms. The van der Waals surface area contributed by atoms with Crippen molar-refractivity contribution < 1.29 is 9.23 Å². The van der Waals surface area contributed by atoms with Crippen molar-refractivity contribution in [1.29, 1.82) is 0 Å². The Morgan fingerprint density at radius 3 is 2.55 bits per heavy atom. The maximum absolute atomic E-state index is 12.3. The summed E-state index contributed by atoms with van der Waals surface area (Å²) in [5, 5.41) is 0. The van der Waals surface area contributed by atoms with Crippen molar-refractivity contribution in [3.63, 3.8) is 0 Å². The van der Waals surface area contributed by atoms with Crippen LogP contribution >= 0.6 is 0 Å². The van der Waals surface area contributed by atoms with Crippen LogP contribution in [0.15, 0.2) is 24.3 Å². The minimum Gasteiger partial charge on any atom is -0.409 e. The number of hydroxylamine groups is 1. The van der Waals surface area contributed by atoms with Gasteiger partial charge in [0.05, 0.1) is 0 Å². The standard InChI is InChI=1S/C8H10FNO/c1-2-10-11-8-5-3-7(9)4-6-8/h3-6,10H,2H2,1H3. The van der Waals surface area contributed by atoms with Gasteiger partial charge in [-0.2, -0.15) is 5.48 Å². The van der Waals surface area contributed by atoms with Gasteiger partial charge in [0, 0.05) is 6.54 Å². The highest BCUT2D eigenvalue weighted by molar-refractivity contribution is 5.21. The lowest BCUT2D eigenvalue weighted by atomic mass is 10.3. The first-order valence-corrected chi connectivity index (χ1v) is 3.48. The zero-order valence-electron chi connectivity index (χ0n) is 6.30. The Hall–Kier alpha value is -1.09. The first-order valence-electron chi connectivity index (χ1n) is 3.48. The van der Waals surface area contributed by atoms with Crippen molar-refractivity contribution in [2.75, 3.05) is 6.54 Å². The van der Waals surface area contributed by atoms with E-state index < -0.39 is 0 Å². The van der Waals surface area contributed by atoms with E-state index in [2.05, 4.69) is 5.48 Å². The molecule has 1 aromatic carbocycles. The van der Waals surface area contributed by atoms with E-state index in [0.29, 0.717) is 5.75 Å². The fourth-order valence-electron chi connectivity index (χ4n) is 0.658. The summed E-state index contributed by atoms with van der Waals surface area (Å²) >= 11 is 0. The molecule has 60 valence electrons. The van der Waals surface area contributed by atoms with E-state index in [1.807, 2.05) is 6.92 Å². The summed E-state index contributed by atoms with van der Waals surface area (Å²) in [4.78, 5) is 4.99. The SMILES string of the molecule is CCNOc1ccc(F)cc1. The molecule has 0 atom stereocenters. The van der Waals surface area contributed by atoms with Crippen molar-refractivity contribution in [1.82, 2.24) is 5.48 Å². The summed E-state index contributed by atoms with van der Waals surface area (Å²) in [6, 6.07) is 5.84. The van der Waals surface area contributed by atoms with E-state index >= 15 is 0 Å². The first kappa shape index (κ1) is 8.01. The Morgan fingerprint density at radius 2 is 2.00 bits per heavy atom. The van der Waals surface area contributed by atoms with E-state index in [9.17, 15) is 4.39 Å². The number of hydrogen-bond donors (Lipinski definition) is 1. The average molecular weight is 155 g/mol. The van der Waals surface area contributed by atoms with Gasteiger partial charge in [-0.05, 0) is 31.2 Å². The van der Waals surface area contributed by atoms with Crippen molar-refractivity contribution >= 4 is 0 Å². The third-order valence-electron chi connectivity index (χ3n) is 1.15. The smallest absolute Gasteiger partial charge is 0.147 e. The normalized spacial score (nSPS) is 9.64. The predicted octanol–water partition coefficient (Wildman–Crippen LogP) is 1.73. The molecule has 0 fully saturated rings. The lowest BCUT2D eigenvalue weighted by Gasteiger charge is -2.03. The monoisotopic (exact) mass is 155 g/mol. The van der Waals surface area contributed by atoms with E-state index in [-0.39, 0.29) is 5.82 Å². The van der Waals surface area contributed by atoms with Gasteiger partial charge in [-0.15, -0.1) is 0 Å². The van der Waals surface area contributed by atoms with Crippen molar-refractivity contribution in [3.8, 4) is 5.75 Å². The molecule has 0 aliphatic heterocycles. The van der Waals surface area contributed by atoms with Gasteiger partial charge in [0.15, 0.2) is 0 Å². The maximum atomic E-state index is 12.3. The molecule has 1 aromatic rings. The molecule has 0 heterocycles. The van der Waals surface area contributed by atoms with E-state index in [0.717, 1.165) is 6.54 Å². The minimum atomic E-state index is -0.256. The van der Waals surface area contributed by atoms with Gasteiger partial charge in [-0.25, -0.2) is 4.39 Å². The molecule has 0 aliphatic rings. The van der Waals surface area contributed by atoms with Crippen molar-refractivity contribution in [3.05, 3.63) is 30.1 Å². The second kappa shape index (κ2) is 3.93. The number of halogens is 1. The van der Waals surface area contributed by atoms with Gasteiger partial charge < -0.3 is 4.84 Å². The molecule has 2 nitrogen and oxygen atoms in total. The number of hydrogen-bond acceptors (Lipinski definition) is 2. The van der Waals surface area contributed by atoms with Crippen LogP contribution in [0.2, 0.25) is 0 Å². The lowest BCUT2D eigenvalue weighted by Crippen LogP contribution is -2.16. The third-order valence-corrected chi connectivity index (χ3v) is 1.15. The predicted molar refractivity (Wildman–Crippen MR) is 40.7 cm³/mol. The Labute approximate surface area is 64.9 Å². The minimum absolute atomic E-state index is 0.256. The second-order valence-electron chi connectivity index (χ2n) is 2.05. The summed E-state index contributed by atoms with van der Waals surface area (Å²) in [7, 11) is 0. The van der Waals surface area contributed by atoms with Crippen LogP contribution in [-0.2, 0) is 0 Å². The van der Waals surface area contributed by atoms with Gasteiger partial charge in [0.2, 0.25) is 0 Å². The zero-order valence-corrected chi connectivity index (χ0v) is 6.30. The largest absolute Gasteiger partial charge is 0.409 e. The van der Waals surface area contributed by atoms with Gasteiger partial charge in [-0.3, -0.25) is 0 Å². The molecule has 0 amide bonds. The van der Waals surface area contributed by atoms with Crippen LogP contribution < -0.4 is 10.3 Å². The van der Waals surface area contributed by atoms with E-state index in [1.54, 1.807) is 12.1 Å². The summed E-state index contributed by atoms with van der Waals surface area (Å²) < 4.78 is 12.3. The van der Waals surface area contributed by atoms with Crippen LogP contribution in [0.1, 0.15) is 6.92 Å². The van der Waals surface area contributed by atoms with Crippen LogP contribution in [0.25, 0.3) is 0 Å². The average Bonchev–Trinajstić information content (AvgIpc) is 2.04. The van der Waals surface area contributed by atoms with Crippen LogP contribution in [0.3, 0.4) is 0 Å². The second-order valence-corrected chi connectivity index (χ2v) is 2.05. The molecule has 0 saturated carbocycles. The van der Waals surface area contributed by atoms with Gasteiger partial charge >= 0.3 is 0 Å². The lowest BCUT2D eigenvalue weighted by molar-refractivity contribution is 0.202.